The van der Waals surface area contributed by atoms with Crippen molar-refractivity contribution >= 4 is 11.9 Å². The summed E-state index contributed by atoms with van der Waals surface area (Å²) in [6, 6.07) is 11.5. The molecule has 7 heteroatoms. The van der Waals surface area contributed by atoms with Gasteiger partial charge in [0.1, 0.15) is 5.75 Å². The predicted octanol–water partition coefficient (Wildman–Crippen LogP) is 5.43. The molecule has 33 heavy (non-hydrogen) atoms. The highest BCUT2D eigenvalue weighted by Gasteiger charge is 2.55. The second-order valence-electron chi connectivity index (χ2n) is 9.65. The Morgan fingerprint density at radius 2 is 1.85 bits per heavy atom. The molecule has 3 heterocycles. The Morgan fingerprint density at radius 1 is 1.06 bits per heavy atom. The molecule has 2 saturated carbocycles. The Balaban J connectivity index is 1.52. The molecule has 7 nitrogen and oxygen atoms in total. The van der Waals surface area contributed by atoms with E-state index in [4.69, 9.17) is 19.2 Å². The molecule has 2 fully saturated rings. The van der Waals surface area contributed by atoms with Crippen LogP contribution in [-0.2, 0) is 5.54 Å². The first-order chi connectivity index (χ1) is 16.2. The van der Waals surface area contributed by atoms with Crippen LogP contribution in [0.15, 0.2) is 47.1 Å². The SMILES string of the molecule is COc1ccc(-c2nc3n(n2)C2(CCCCC2)[C@@H]2CCCC[C@@H]2N3C(=O)c2ccco2)cc1. The number of amides is 1. The van der Waals surface area contributed by atoms with Crippen LogP contribution in [0.1, 0.15) is 68.3 Å². The topological polar surface area (TPSA) is 73.4 Å². The average molecular weight is 447 g/mol. The van der Waals surface area contributed by atoms with Gasteiger partial charge in [-0.1, -0.05) is 32.1 Å². The number of aromatic nitrogens is 3. The van der Waals surface area contributed by atoms with Crippen LogP contribution in [0.2, 0.25) is 0 Å². The van der Waals surface area contributed by atoms with Gasteiger partial charge in [-0.05, 0) is 62.1 Å². The van der Waals surface area contributed by atoms with Gasteiger partial charge in [-0.15, -0.1) is 5.10 Å². The summed E-state index contributed by atoms with van der Waals surface area (Å²) in [4.78, 5) is 20.6. The summed E-state index contributed by atoms with van der Waals surface area (Å²) in [6.45, 7) is 0. The highest BCUT2D eigenvalue weighted by Crippen LogP contribution is 2.53. The Bertz CT molecular complexity index is 1130. The molecule has 2 aromatic heterocycles. The largest absolute Gasteiger partial charge is 0.497 e. The summed E-state index contributed by atoms with van der Waals surface area (Å²) < 4.78 is 13.0. The number of hydrogen-bond donors (Lipinski definition) is 0. The predicted molar refractivity (Wildman–Crippen MR) is 124 cm³/mol. The summed E-state index contributed by atoms with van der Waals surface area (Å²) in [5, 5.41) is 5.10. The third-order valence-electron chi connectivity index (χ3n) is 8.00. The quantitative estimate of drug-likeness (QED) is 0.537. The van der Waals surface area contributed by atoms with E-state index in [0.29, 0.717) is 23.5 Å². The standard InChI is InChI=1S/C26H30N4O3/c1-32-19-13-11-18(12-14-19)23-27-25-29(24(31)22-10-7-17-33-22)21-9-4-3-8-20(21)26(30(25)28-23)15-5-2-6-16-26/h7,10-14,17,20-21H,2-6,8-9,15-16H2,1H3/t20-,21+/m1/s1. The molecular formula is C26H30N4O3. The van der Waals surface area contributed by atoms with Crippen LogP contribution in [0.5, 0.6) is 5.75 Å². The molecule has 0 saturated heterocycles. The number of rotatable bonds is 3. The molecule has 1 spiro atoms. The van der Waals surface area contributed by atoms with Crippen molar-refractivity contribution < 1.29 is 13.9 Å². The fourth-order valence-corrected chi connectivity index (χ4v) is 6.48. The number of ether oxygens (including phenoxy) is 1. The molecule has 3 aliphatic rings. The van der Waals surface area contributed by atoms with Gasteiger partial charge in [0.25, 0.3) is 5.91 Å². The number of carbonyl (C=O) groups is 1. The van der Waals surface area contributed by atoms with Gasteiger partial charge in [0, 0.05) is 17.5 Å². The Hall–Kier alpha value is -3.09. The number of hydrogen-bond acceptors (Lipinski definition) is 5. The van der Waals surface area contributed by atoms with Gasteiger partial charge in [-0.2, -0.15) is 4.98 Å². The molecule has 0 unspecified atom stereocenters. The van der Waals surface area contributed by atoms with Crippen molar-refractivity contribution in [2.24, 2.45) is 5.92 Å². The van der Waals surface area contributed by atoms with Crippen molar-refractivity contribution in [1.82, 2.24) is 14.8 Å². The second kappa shape index (κ2) is 8.04. The first-order valence-electron chi connectivity index (χ1n) is 12.2. The van der Waals surface area contributed by atoms with Crippen molar-refractivity contribution in [2.75, 3.05) is 12.0 Å². The summed E-state index contributed by atoms with van der Waals surface area (Å²) in [6.07, 6.45) is 11.9. The minimum absolute atomic E-state index is 0.0592. The summed E-state index contributed by atoms with van der Waals surface area (Å²) in [7, 11) is 1.66. The summed E-state index contributed by atoms with van der Waals surface area (Å²) >= 11 is 0. The maximum absolute atomic E-state index is 13.7. The van der Waals surface area contributed by atoms with E-state index in [2.05, 4.69) is 4.68 Å². The molecular weight excluding hydrogens is 416 g/mol. The molecule has 3 aromatic rings. The van der Waals surface area contributed by atoms with Gasteiger partial charge < -0.3 is 9.15 Å². The maximum atomic E-state index is 13.7. The minimum atomic E-state index is -0.113. The lowest BCUT2D eigenvalue weighted by Gasteiger charge is -2.55. The van der Waals surface area contributed by atoms with E-state index in [1.54, 1.807) is 25.5 Å². The number of furan rings is 1. The van der Waals surface area contributed by atoms with Gasteiger partial charge in [0.05, 0.1) is 18.9 Å². The molecule has 1 aliphatic heterocycles. The monoisotopic (exact) mass is 446 g/mol. The zero-order valence-electron chi connectivity index (χ0n) is 19.1. The number of carbonyl (C=O) groups excluding carboxylic acids is 1. The fourth-order valence-electron chi connectivity index (χ4n) is 6.48. The zero-order valence-corrected chi connectivity index (χ0v) is 19.1. The van der Waals surface area contributed by atoms with E-state index < -0.39 is 0 Å². The van der Waals surface area contributed by atoms with Crippen molar-refractivity contribution in [2.45, 2.75) is 69.4 Å². The van der Waals surface area contributed by atoms with Gasteiger partial charge in [-0.25, -0.2) is 4.68 Å². The average Bonchev–Trinajstić information content (AvgIpc) is 3.56. The Kier molecular flexibility index (Phi) is 5.00. The molecule has 6 rings (SSSR count). The van der Waals surface area contributed by atoms with E-state index in [1.807, 2.05) is 29.2 Å². The number of anilines is 1. The number of nitrogens with zero attached hydrogens (tertiary/aromatic N) is 4. The van der Waals surface area contributed by atoms with Gasteiger partial charge in [0.15, 0.2) is 11.6 Å². The summed E-state index contributed by atoms with van der Waals surface area (Å²) in [5.74, 6) is 2.77. The van der Waals surface area contributed by atoms with E-state index in [0.717, 1.165) is 43.4 Å². The van der Waals surface area contributed by atoms with Gasteiger partial charge in [-0.3, -0.25) is 9.69 Å². The van der Waals surface area contributed by atoms with Crippen LogP contribution in [0.3, 0.4) is 0 Å². The lowest BCUT2D eigenvalue weighted by Crippen LogP contribution is -2.61. The van der Waals surface area contributed by atoms with Gasteiger partial charge in [0.2, 0.25) is 5.95 Å². The Labute approximate surface area is 193 Å². The van der Waals surface area contributed by atoms with Crippen LogP contribution in [0, 0.1) is 5.92 Å². The first kappa shape index (κ1) is 20.5. The van der Waals surface area contributed by atoms with E-state index >= 15 is 0 Å². The number of methoxy groups -OCH3 is 1. The smallest absolute Gasteiger partial charge is 0.296 e. The van der Waals surface area contributed by atoms with Crippen LogP contribution in [0.25, 0.3) is 11.4 Å². The van der Waals surface area contributed by atoms with Crippen molar-refractivity contribution in [3.05, 3.63) is 48.4 Å². The molecule has 2 atom stereocenters. The zero-order chi connectivity index (χ0) is 22.4. The molecule has 2 aliphatic carbocycles. The number of fused-ring (bicyclic) bond motifs is 4. The lowest BCUT2D eigenvalue weighted by molar-refractivity contribution is 0.0309. The highest BCUT2D eigenvalue weighted by molar-refractivity contribution is 6.04. The van der Waals surface area contributed by atoms with Crippen LogP contribution >= 0.6 is 0 Å². The van der Waals surface area contributed by atoms with Crippen molar-refractivity contribution in [3.63, 3.8) is 0 Å². The molecule has 0 N–H and O–H groups in total. The maximum Gasteiger partial charge on any atom is 0.296 e. The summed E-state index contributed by atoms with van der Waals surface area (Å²) in [5.41, 5.74) is 0.869. The van der Waals surface area contributed by atoms with Crippen LogP contribution in [0.4, 0.5) is 5.95 Å². The molecule has 1 amide bonds. The second-order valence-corrected chi connectivity index (χ2v) is 9.65. The molecule has 172 valence electrons. The highest BCUT2D eigenvalue weighted by atomic mass is 16.5. The Morgan fingerprint density at radius 3 is 2.58 bits per heavy atom. The fraction of sp³-hybridized carbons (Fsp3) is 0.500. The van der Waals surface area contributed by atoms with Crippen LogP contribution in [-0.4, -0.2) is 33.8 Å². The normalized spacial score (nSPS) is 23.7. The van der Waals surface area contributed by atoms with Crippen molar-refractivity contribution in [1.29, 1.82) is 0 Å². The minimum Gasteiger partial charge on any atom is -0.497 e. The van der Waals surface area contributed by atoms with E-state index in [1.165, 1.54) is 25.7 Å². The molecule has 0 bridgehead atoms. The van der Waals surface area contributed by atoms with E-state index in [9.17, 15) is 4.79 Å². The number of benzene rings is 1. The first-order valence-corrected chi connectivity index (χ1v) is 12.2. The van der Waals surface area contributed by atoms with E-state index in [-0.39, 0.29) is 17.5 Å². The lowest BCUT2D eigenvalue weighted by atomic mass is 9.64. The van der Waals surface area contributed by atoms with Gasteiger partial charge >= 0.3 is 0 Å². The third kappa shape index (κ3) is 3.20. The van der Waals surface area contributed by atoms with Crippen molar-refractivity contribution in [3.8, 4) is 17.1 Å². The third-order valence-corrected chi connectivity index (χ3v) is 8.00. The molecule has 0 radical (unpaired) electrons. The molecule has 1 aromatic carbocycles. The van der Waals surface area contributed by atoms with Crippen LogP contribution < -0.4 is 9.64 Å².